The van der Waals surface area contributed by atoms with Gasteiger partial charge in [-0.05, 0) is 44.8 Å². The van der Waals surface area contributed by atoms with Gasteiger partial charge in [-0.3, -0.25) is 4.99 Å². The molecule has 136 valence electrons. The highest BCUT2D eigenvalue weighted by Gasteiger charge is 2.21. The number of furan rings is 1. The molecule has 0 spiro atoms. The Labute approximate surface area is 150 Å². The molecule has 5 heteroatoms. The van der Waals surface area contributed by atoms with Gasteiger partial charge in [0.1, 0.15) is 11.3 Å². The van der Waals surface area contributed by atoms with E-state index in [9.17, 15) is 0 Å². The molecule has 0 saturated carbocycles. The maximum atomic E-state index is 5.96. The number of para-hydroxylation sites is 1. The highest BCUT2D eigenvalue weighted by atomic mass is 16.3. The maximum Gasteiger partial charge on any atom is 0.191 e. The van der Waals surface area contributed by atoms with Crippen molar-refractivity contribution >= 4 is 16.9 Å². The van der Waals surface area contributed by atoms with Gasteiger partial charge >= 0.3 is 0 Å². The molecule has 1 unspecified atom stereocenters. The van der Waals surface area contributed by atoms with Gasteiger partial charge in [0.15, 0.2) is 5.96 Å². The number of guanidine groups is 1. The van der Waals surface area contributed by atoms with E-state index in [-0.39, 0.29) is 0 Å². The summed E-state index contributed by atoms with van der Waals surface area (Å²) in [7, 11) is 1.82. The second-order valence-electron chi connectivity index (χ2n) is 6.91. The van der Waals surface area contributed by atoms with Gasteiger partial charge in [0.05, 0.1) is 6.54 Å². The van der Waals surface area contributed by atoms with E-state index in [0.29, 0.717) is 12.5 Å². The molecule has 2 aromatic rings. The average Bonchev–Trinajstić information content (AvgIpc) is 3.20. The Morgan fingerprint density at radius 3 is 2.92 bits per heavy atom. The lowest BCUT2D eigenvalue weighted by Crippen LogP contribution is -2.40. The third kappa shape index (κ3) is 4.34. The molecular weight excluding hydrogens is 312 g/mol. The number of nitrogens with one attached hydrogen (secondary N) is 2. The molecule has 25 heavy (non-hydrogen) atoms. The van der Waals surface area contributed by atoms with Crippen LogP contribution in [-0.2, 0) is 6.54 Å². The zero-order valence-electron chi connectivity index (χ0n) is 15.6. The first-order chi connectivity index (χ1) is 12.2. The number of aliphatic imine (C=N–C) groups is 1. The van der Waals surface area contributed by atoms with Crippen LogP contribution in [0.25, 0.3) is 11.0 Å². The van der Waals surface area contributed by atoms with Gasteiger partial charge < -0.3 is 20.0 Å². The van der Waals surface area contributed by atoms with Gasteiger partial charge in [-0.15, -0.1) is 0 Å². The summed E-state index contributed by atoms with van der Waals surface area (Å²) in [4.78, 5) is 6.90. The van der Waals surface area contributed by atoms with Gasteiger partial charge in [0, 0.05) is 31.1 Å². The van der Waals surface area contributed by atoms with Crippen molar-refractivity contribution in [2.45, 2.75) is 33.2 Å². The number of hydrogen-bond donors (Lipinski definition) is 2. The summed E-state index contributed by atoms with van der Waals surface area (Å²) in [5.41, 5.74) is 2.14. The molecular formula is C20H30N4O. The molecule has 1 atom stereocenters. The number of aryl methyl sites for hydroxylation is 1. The lowest BCUT2D eigenvalue weighted by molar-refractivity contribution is 0.324. The van der Waals surface area contributed by atoms with Crippen LogP contribution in [0.4, 0.5) is 0 Å². The average molecular weight is 342 g/mol. The van der Waals surface area contributed by atoms with E-state index in [1.807, 2.05) is 25.2 Å². The summed E-state index contributed by atoms with van der Waals surface area (Å²) in [6.07, 6.45) is 2.51. The van der Waals surface area contributed by atoms with Crippen LogP contribution in [0, 0.1) is 12.8 Å². The fourth-order valence-electron chi connectivity index (χ4n) is 3.62. The van der Waals surface area contributed by atoms with Crippen molar-refractivity contribution < 1.29 is 4.42 Å². The molecule has 1 aliphatic heterocycles. The predicted molar refractivity (Wildman–Crippen MR) is 104 cm³/mol. The highest BCUT2D eigenvalue weighted by Crippen LogP contribution is 2.24. The topological polar surface area (TPSA) is 52.8 Å². The molecule has 5 nitrogen and oxygen atoms in total. The molecule has 2 heterocycles. The summed E-state index contributed by atoms with van der Waals surface area (Å²) < 4.78 is 5.96. The van der Waals surface area contributed by atoms with Crippen molar-refractivity contribution in [1.82, 2.24) is 15.5 Å². The van der Waals surface area contributed by atoms with Crippen LogP contribution >= 0.6 is 0 Å². The number of nitrogens with zero attached hydrogens (tertiary/aromatic N) is 2. The summed E-state index contributed by atoms with van der Waals surface area (Å²) in [6, 6.07) is 8.17. The molecule has 3 rings (SSSR count). The molecule has 0 bridgehead atoms. The molecule has 1 saturated heterocycles. The minimum Gasteiger partial charge on any atom is -0.459 e. The quantitative estimate of drug-likeness (QED) is 0.625. The lowest BCUT2D eigenvalue weighted by Gasteiger charge is -2.16. The molecule has 1 aliphatic rings. The van der Waals surface area contributed by atoms with Gasteiger partial charge in [-0.1, -0.05) is 25.1 Å². The van der Waals surface area contributed by atoms with Crippen LogP contribution in [0.2, 0.25) is 0 Å². The van der Waals surface area contributed by atoms with Crippen molar-refractivity contribution in [2.24, 2.45) is 10.9 Å². The van der Waals surface area contributed by atoms with E-state index in [2.05, 4.69) is 40.4 Å². The predicted octanol–water partition coefficient (Wildman–Crippen LogP) is 3.14. The molecule has 0 radical (unpaired) electrons. The fourth-order valence-corrected chi connectivity index (χ4v) is 3.62. The molecule has 1 aromatic carbocycles. The second kappa shape index (κ2) is 8.39. The minimum absolute atomic E-state index is 0.646. The summed E-state index contributed by atoms with van der Waals surface area (Å²) >= 11 is 0. The van der Waals surface area contributed by atoms with E-state index < -0.39 is 0 Å². The van der Waals surface area contributed by atoms with Crippen LogP contribution < -0.4 is 10.6 Å². The van der Waals surface area contributed by atoms with Crippen LogP contribution in [0.3, 0.4) is 0 Å². The molecule has 2 N–H and O–H groups in total. The monoisotopic (exact) mass is 342 g/mol. The second-order valence-corrected chi connectivity index (χ2v) is 6.91. The minimum atomic E-state index is 0.646. The number of fused-ring (bicyclic) bond motifs is 1. The smallest absolute Gasteiger partial charge is 0.191 e. The Hall–Kier alpha value is -2.01. The largest absolute Gasteiger partial charge is 0.459 e. The molecule has 0 aliphatic carbocycles. The Morgan fingerprint density at radius 2 is 2.16 bits per heavy atom. The van der Waals surface area contributed by atoms with Crippen molar-refractivity contribution in [3.63, 3.8) is 0 Å². The summed E-state index contributed by atoms with van der Waals surface area (Å²) in [5, 5.41) is 8.03. The molecule has 0 amide bonds. The first kappa shape index (κ1) is 17.8. The van der Waals surface area contributed by atoms with E-state index in [0.717, 1.165) is 23.8 Å². The van der Waals surface area contributed by atoms with Crippen molar-refractivity contribution in [2.75, 3.05) is 33.2 Å². The number of rotatable bonds is 6. The molecule has 1 fully saturated rings. The van der Waals surface area contributed by atoms with Crippen molar-refractivity contribution in [1.29, 1.82) is 0 Å². The summed E-state index contributed by atoms with van der Waals surface area (Å²) in [5.74, 6) is 2.52. The Morgan fingerprint density at radius 1 is 1.32 bits per heavy atom. The Kier molecular flexibility index (Phi) is 5.97. The third-order valence-corrected chi connectivity index (χ3v) is 5.05. The number of benzene rings is 1. The zero-order valence-corrected chi connectivity index (χ0v) is 15.6. The number of likely N-dealkylation sites (tertiary alicyclic amines) is 1. The Bertz CT molecular complexity index is 722. The normalized spacial score (nSPS) is 18.8. The van der Waals surface area contributed by atoms with Crippen LogP contribution in [-0.4, -0.2) is 44.1 Å². The fraction of sp³-hybridized carbons (Fsp3) is 0.550. The standard InChI is InChI=1S/C20H30N4O/c1-4-10-24-11-9-16(14-24)12-22-20(21-3)23-13-19-15(2)17-7-5-6-8-18(17)25-19/h5-8,16H,4,9-14H2,1-3H3,(H2,21,22,23). The van der Waals surface area contributed by atoms with Crippen LogP contribution in [0.15, 0.2) is 33.7 Å². The zero-order chi connectivity index (χ0) is 17.6. The van der Waals surface area contributed by atoms with E-state index >= 15 is 0 Å². The molecule has 1 aromatic heterocycles. The van der Waals surface area contributed by atoms with E-state index in [1.165, 1.54) is 43.4 Å². The van der Waals surface area contributed by atoms with E-state index in [1.54, 1.807) is 0 Å². The maximum absolute atomic E-state index is 5.96. The number of hydrogen-bond acceptors (Lipinski definition) is 3. The first-order valence-electron chi connectivity index (χ1n) is 9.35. The van der Waals surface area contributed by atoms with E-state index in [4.69, 9.17) is 4.42 Å². The highest BCUT2D eigenvalue weighted by molar-refractivity contribution is 5.82. The van der Waals surface area contributed by atoms with Gasteiger partial charge in [-0.25, -0.2) is 0 Å². The van der Waals surface area contributed by atoms with Gasteiger partial charge in [0.2, 0.25) is 0 Å². The van der Waals surface area contributed by atoms with Crippen molar-refractivity contribution in [3.8, 4) is 0 Å². The SMILES string of the molecule is CCCN1CCC(CNC(=NC)NCc2oc3ccccc3c2C)C1. The van der Waals surface area contributed by atoms with Gasteiger partial charge in [-0.2, -0.15) is 0 Å². The Balaban J connectivity index is 1.50. The lowest BCUT2D eigenvalue weighted by atomic mass is 10.1. The van der Waals surface area contributed by atoms with Crippen LogP contribution in [0.1, 0.15) is 31.1 Å². The summed E-state index contributed by atoms with van der Waals surface area (Å²) in [6.45, 7) is 9.61. The van der Waals surface area contributed by atoms with Crippen LogP contribution in [0.5, 0.6) is 0 Å². The van der Waals surface area contributed by atoms with Crippen molar-refractivity contribution in [3.05, 3.63) is 35.6 Å². The first-order valence-corrected chi connectivity index (χ1v) is 9.35. The third-order valence-electron chi connectivity index (χ3n) is 5.05. The van der Waals surface area contributed by atoms with Gasteiger partial charge in [0.25, 0.3) is 0 Å².